The third-order valence-electron chi connectivity index (χ3n) is 3.13. The van der Waals surface area contributed by atoms with Crippen LogP contribution in [0.25, 0.3) is 22.6 Å². The van der Waals surface area contributed by atoms with Crippen LogP contribution in [-0.4, -0.2) is 19.7 Å². The molecule has 0 aliphatic carbocycles. The first-order valence-corrected chi connectivity index (χ1v) is 7.08. The van der Waals surface area contributed by atoms with Gasteiger partial charge in [-0.25, -0.2) is 9.97 Å². The second kappa shape index (κ2) is 5.47. The average Bonchev–Trinajstić information content (AvgIpc) is 2.88. The lowest BCUT2D eigenvalue weighted by molar-refractivity contribution is 0.768. The molecule has 0 fully saturated rings. The summed E-state index contributed by atoms with van der Waals surface area (Å²) in [6, 6.07) is 7.43. The summed E-state index contributed by atoms with van der Waals surface area (Å²) in [4.78, 5) is 8.83. The molecule has 0 unspecified atom stereocenters. The summed E-state index contributed by atoms with van der Waals surface area (Å²) in [7, 11) is 1.85. The molecule has 106 valence electrons. The number of nitrogens with zero attached hydrogens (tertiary/aromatic N) is 4. The second-order valence-electron chi connectivity index (χ2n) is 4.77. The van der Waals surface area contributed by atoms with E-state index >= 15 is 0 Å². The molecule has 3 aromatic rings. The van der Waals surface area contributed by atoms with E-state index in [1.54, 1.807) is 16.9 Å². The van der Waals surface area contributed by atoms with Crippen LogP contribution in [0.5, 0.6) is 0 Å². The second-order valence-corrected chi connectivity index (χ2v) is 5.56. The highest BCUT2D eigenvalue weighted by Crippen LogP contribution is 2.26. The van der Waals surface area contributed by atoms with Crippen molar-refractivity contribution in [2.24, 2.45) is 7.05 Å². The Morgan fingerprint density at radius 3 is 2.52 bits per heavy atom. The molecule has 0 atom stereocenters. The number of aromatic nitrogens is 4. The Labute approximate surface area is 132 Å². The van der Waals surface area contributed by atoms with Crippen molar-refractivity contribution in [2.45, 2.75) is 6.92 Å². The van der Waals surface area contributed by atoms with Crippen LogP contribution in [0.15, 0.2) is 36.7 Å². The first-order valence-electron chi connectivity index (χ1n) is 6.33. The highest BCUT2D eigenvalue weighted by Gasteiger charge is 2.10. The van der Waals surface area contributed by atoms with Crippen LogP contribution in [-0.2, 0) is 7.05 Å². The highest BCUT2D eigenvalue weighted by molar-refractivity contribution is 6.31. The predicted octanol–water partition coefficient (Wildman–Crippen LogP) is 4.16. The molecule has 2 aromatic heterocycles. The third-order valence-corrected chi connectivity index (χ3v) is 3.73. The van der Waals surface area contributed by atoms with E-state index in [9.17, 15) is 0 Å². The third kappa shape index (κ3) is 2.91. The van der Waals surface area contributed by atoms with Crippen LogP contribution in [0.1, 0.15) is 5.56 Å². The van der Waals surface area contributed by atoms with E-state index in [4.69, 9.17) is 23.2 Å². The summed E-state index contributed by atoms with van der Waals surface area (Å²) < 4.78 is 1.72. The Morgan fingerprint density at radius 1 is 1.05 bits per heavy atom. The lowest BCUT2D eigenvalue weighted by Crippen LogP contribution is -1.93. The smallest absolute Gasteiger partial charge is 0.161 e. The Hall–Kier alpha value is -1.91. The van der Waals surface area contributed by atoms with Crippen LogP contribution in [0.2, 0.25) is 10.2 Å². The van der Waals surface area contributed by atoms with Crippen molar-refractivity contribution < 1.29 is 0 Å². The van der Waals surface area contributed by atoms with Crippen molar-refractivity contribution >= 4 is 23.2 Å². The molecule has 4 nitrogen and oxygen atoms in total. The highest BCUT2D eigenvalue weighted by atomic mass is 35.5. The fraction of sp³-hybridized carbons (Fsp3) is 0.133. The molecule has 0 radical (unpaired) electrons. The zero-order valence-electron chi connectivity index (χ0n) is 11.5. The summed E-state index contributed by atoms with van der Waals surface area (Å²) >= 11 is 12.3. The maximum atomic E-state index is 6.16. The molecule has 0 N–H and O–H groups in total. The molecule has 3 rings (SSSR count). The minimum absolute atomic E-state index is 0.385. The number of hydrogen-bond donors (Lipinski definition) is 0. The van der Waals surface area contributed by atoms with Gasteiger partial charge in [-0.15, -0.1) is 0 Å². The van der Waals surface area contributed by atoms with Crippen molar-refractivity contribution in [1.29, 1.82) is 0 Å². The van der Waals surface area contributed by atoms with Crippen molar-refractivity contribution in [2.75, 3.05) is 0 Å². The van der Waals surface area contributed by atoms with Gasteiger partial charge in [0.2, 0.25) is 0 Å². The molecule has 0 saturated heterocycles. The first-order chi connectivity index (χ1) is 10.0. The summed E-state index contributed by atoms with van der Waals surface area (Å²) in [6.45, 7) is 1.95. The fourth-order valence-corrected chi connectivity index (χ4v) is 2.34. The van der Waals surface area contributed by atoms with E-state index in [0.29, 0.717) is 16.0 Å². The van der Waals surface area contributed by atoms with Crippen LogP contribution < -0.4 is 0 Å². The number of hydrogen-bond acceptors (Lipinski definition) is 3. The van der Waals surface area contributed by atoms with E-state index in [0.717, 1.165) is 22.4 Å². The van der Waals surface area contributed by atoms with Gasteiger partial charge in [0.05, 0.1) is 11.9 Å². The maximum absolute atomic E-state index is 6.16. The van der Waals surface area contributed by atoms with Gasteiger partial charge >= 0.3 is 0 Å². The Kier molecular flexibility index (Phi) is 3.66. The Balaban J connectivity index is 2.11. The van der Waals surface area contributed by atoms with Crippen molar-refractivity contribution in [3.05, 3.63) is 52.4 Å². The monoisotopic (exact) mass is 318 g/mol. The van der Waals surface area contributed by atoms with E-state index < -0.39 is 0 Å². The summed E-state index contributed by atoms with van der Waals surface area (Å²) in [5.74, 6) is 0.545. The van der Waals surface area contributed by atoms with E-state index in [-0.39, 0.29) is 0 Å². The molecule has 2 heterocycles. The number of aryl methyl sites for hydroxylation is 2. The van der Waals surface area contributed by atoms with Gasteiger partial charge in [0, 0.05) is 35.5 Å². The Bertz CT molecular complexity index is 811. The van der Waals surface area contributed by atoms with Gasteiger partial charge in [0.1, 0.15) is 5.15 Å². The van der Waals surface area contributed by atoms with Crippen molar-refractivity contribution in [3.63, 3.8) is 0 Å². The molecule has 21 heavy (non-hydrogen) atoms. The van der Waals surface area contributed by atoms with Crippen LogP contribution in [0.4, 0.5) is 0 Å². The number of halogens is 2. The van der Waals surface area contributed by atoms with Gasteiger partial charge in [-0.05, 0) is 18.6 Å². The molecule has 0 spiro atoms. The molecule has 0 amide bonds. The quantitative estimate of drug-likeness (QED) is 0.666. The SMILES string of the molecule is Cc1ccc(-c2nc(Cl)cc(-c3cnn(C)c3)n2)cc1Cl. The molecule has 0 bridgehead atoms. The molecule has 1 aromatic carbocycles. The van der Waals surface area contributed by atoms with E-state index in [1.807, 2.05) is 38.4 Å². The maximum Gasteiger partial charge on any atom is 0.161 e. The zero-order valence-corrected chi connectivity index (χ0v) is 13.0. The normalized spacial score (nSPS) is 10.9. The molecular weight excluding hydrogens is 307 g/mol. The molecular formula is C15H12Cl2N4. The van der Waals surface area contributed by atoms with Gasteiger partial charge in [-0.3, -0.25) is 4.68 Å². The molecule has 6 heteroatoms. The largest absolute Gasteiger partial charge is 0.275 e. The van der Waals surface area contributed by atoms with Crippen molar-refractivity contribution in [1.82, 2.24) is 19.7 Å². The Morgan fingerprint density at radius 2 is 1.86 bits per heavy atom. The van der Waals surface area contributed by atoms with Gasteiger partial charge in [0.25, 0.3) is 0 Å². The van der Waals surface area contributed by atoms with Crippen molar-refractivity contribution in [3.8, 4) is 22.6 Å². The van der Waals surface area contributed by atoms with Gasteiger partial charge < -0.3 is 0 Å². The summed E-state index contributed by atoms with van der Waals surface area (Å²) in [6.07, 6.45) is 3.62. The molecule has 0 aliphatic heterocycles. The minimum atomic E-state index is 0.385. The summed E-state index contributed by atoms with van der Waals surface area (Å²) in [5.41, 5.74) is 3.46. The van der Waals surface area contributed by atoms with Gasteiger partial charge in [-0.1, -0.05) is 35.3 Å². The number of rotatable bonds is 2. The number of benzene rings is 1. The van der Waals surface area contributed by atoms with Gasteiger partial charge in [0.15, 0.2) is 5.82 Å². The lowest BCUT2D eigenvalue weighted by atomic mass is 10.1. The van der Waals surface area contributed by atoms with Gasteiger partial charge in [-0.2, -0.15) is 5.10 Å². The van der Waals surface area contributed by atoms with Crippen LogP contribution >= 0.6 is 23.2 Å². The lowest BCUT2D eigenvalue weighted by Gasteiger charge is -2.05. The summed E-state index contributed by atoms with van der Waals surface area (Å²) in [5, 5.41) is 5.21. The molecule has 0 aliphatic rings. The fourth-order valence-electron chi connectivity index (χ4n) is 1.98. The zero-order chi connectivity index (χ0) is 15.0. The molecule has 0 saturated carbocycles. The predicted molar refractivity (Wildman–Crippen MR) is 84.4 cm³/mol. The first kappa shape index (κ1) is 14.0. The average molecular weight is 319 g/mol. The standard InChI is InChI=1S/C15H12Cl2N4/c1-9-3-4-10(5-12(9)16)15-19-13(6-14(17)20-15)11-7-18-21(2)8-11/h3-8H,1-2H3. The van der Waals surface area contributed by atoms with Crippen LogP contribution in [0, 0.1) is 6.92 Å². The van der Waals surface area contributed by atoms with E-state index in [1.165, 1.54) is 0 Å². The minimum Gasteiger partial charge on any atom is -0.275 e. The van der Waals surface area contributed by atoms with Crippen LogP contribution in [0.3, 0.4) is 0 Å². The topological polar surface area (TPSA) is 43.6 Å². The van der Waals surface area contributed by atoms with E-state index in [2.05, 4.69) is 15.1 Å².